The zero-order valence-corrected chi connectivity index (χ0v) is 17.5. The van der Waals surface area contributed by atoms with Gasteiger partial charge in [-0.25, -0.2) is 4.79 Å². The molecule has 2 N–H and O–H groups in total. The maximum absolute atomic E-state index is 11.8. The molecule has 0 aromatic rings. The number of amides is 1. The summed E-state index contributed by atoms with van der Waals surface area (Å²) in [6, 6.07) is 0.0890. The molecule has 2 heterocycles. The Morgan fingerprint density at radius 2 is 2.12 bits per heavy atom. The number of guanidine groups is 1. The third-order valence-electron chi connectivity index (χ3n) is 3.93. The van der Waals surface area contributed by atoms with Gasteiger partial charge >= 0.3 is 6.09 Å². The molecule has 8 heteroatoms. The van der Waals surface area contributed by atoms with E-state index in [0.717, 1.165) is 51.5 Å². The summed E-state index contributed by atoms with van der Waals surface area (Å²) in [6.07, 6.45) is 3.06. The third kappa shape index (κ3) is 7.00. The lowest BCUT2D eigenvalue weighted by Crippen LogP contribution is -2.45. The number of halogens is 1. The SMILES string of the molecule is CN=C(NCC1CCCO1)N1CCC(NC(=O)OC(C)(C)C)C1.I. The molecule has 0 aromatic heterocycles. The second kappa shape index (κ2) is 9.65. The summed E-state index contributed by atoms with van der Waals surface area (Å²) in [5, 5.41) is 6.30. The van der Waals surface area contributed by atoms with E-state index >= 15 is 0 Å². The fourth-order valence-corrected chi connectivity index (χ4v) is 2.89. The first-order valence-corrected chi connectivity index (χ1v) is 8.44. The summed E-state index contributed by atoms with van der Waals surface area (Å²) >= 11 is 0. The van der Waals surface area contributed by atoms with E-state index in [2.05, 4.69) is 20.5 Å². The van der Waals surface area contributed by atoms with Crippen molar-refractivity contribution in [2.75, 3.05) is 33.3 Å². The van der Waals surface area contributed by atoms with Gasteiger partial charge in [-0.1, -0.05) is 0 Å². The maximum Gasteiger partial charge on any atom is 0.407 e. The van der Waals surface area contributed by atoms with Crippen LogP contribution in [0.25, 0.3) is 0 Å². The van der Waals surface area contributed by atoms with Crippen LogP contribution in [0.2, 0.25) is 0 Å². The molecule has 140 valence electrons. The first-order valence-electron chi connectivity index (χ1n) is 8.44. The molecule has 0 saturated carbocycles. The molecule has 2 fully saturated rings. The number of aliphatic imine (C=N–C) groups is 1. The van der Waals surface area contributed by atoms with Gasteiger partial charge in [-0.05, 0) is 40.0 Å². The molecule has 2 aliphatic heterocycles. The topological polar surface area (TPSA) is 75.2 Å². The predicted molar refractivity (Wildman–Crippen MR) is 105 cm³/mol. The van der Waals surface area contributed by atoms with Crippen LogP contribution in [0.3, 0.4) is 0 Å². The summed E-state index contributed by atoms with van der Waals surface area (Å²) in [4.78, 5) is 18.3. The average molecular weight is 454 g/mol. The van der Waals surface area contributed by atoms with Crippen molar-refractivity contribution < 1.29 is 14.3 Å². The van der Waals surface area contributed by atoms with E-state index in [1.54, 1.807) is 7.05 Å². The highest BCUT2D eigenvalue weighted by atomic mass is 127. The van der Waals surface area contributed by atoms with Crippen LogP contribution < -0.4 is 10.6 Å². The number of nitrogens with one attached hydrogen (secondary N) is 2. The van der Waals surface area contributed by atoms with E-state index in [4.69, 9.17) is 9.47 Å². The zero-order chi connectivity index (χ0) is 16.9. The van der Waals surface area contributed by atoms with Crippen LogP contribution in [-0.2, 0) is 9.47 Å². The highest BCUT2D eigenvalue weighted by Gasteiger charge is 2.28. The number of rotatable bonds is 3. The summed E-state index contributed by atoms with van der Waals surface area (Å²) in [6.45, 7) is 8.85. The molecule has 2 rings (SSSR count). The van der Waals surface area contributed by atoms with Crippen LogP contribution in [0.4, 0.5) is 4.79 Å². The van der Waals surface area contributed by atoms with Gasteiger partial charge in [-0.15, -0.1) is 24.0 Å². The maximum atomic E-state index is 11.8. The van der Waals surface area contributed by atoms with Gasteiger partial charge in [-0.3, -0.25) is 4.99 Å². The molecule has 0 aliphatic carbocycles. The summed E-state index contributed by atoms with van der Waals surface area (Å²) in [7, 11) is 1.78. The van der Waals surface area contributed by atoms with Gasteiger partial charge in [0.05, 0.1) is 12.1 Å². The minimum atomic E-state index is -0.471. The van der Waals surface area contributed by atoms with E-state index < -0.39 is 5.60 Å². The molecule has 7 nitrogen and oxygen atoms in total. The standard InChI is InChI=1S/C16H30N4O3.HI/c1-16(2,3)23-15(21)19-12-7-8-20(11-12)14(17-4)18-10-13-6-5-9-22-13;/h12-13H,5-11H2,1-4H3,(H,17,18)(H,19,21);1H. The molecule has 2 atom stereocenters. The quantitative estimate of drug-likeness (QED) is 0.388. The van der Waals surface area contributed by atoms with E-state index in [1.807, 2.05) is 20.8 Å². The summed E-state index contributed by atoms with van der Waals surface area (Å²) in [5.74, 6) is 0.869. The number of carbonyl (C=O) groups excluding carboxylic acids is 1. The average Bonchev–Trinajstić information content (AvgIpc) is 3.09. The molecular formula is C16H31IN4O3. The van der Waals surface area contributed by atoms with Crippen LogP contribution in [0.15, 0.2) is 4.99 Å². The largest absolute Gasteiger partial charge is 0.444 e. The van der Waals surface area contributed by atoms with E-state index in [1.165, 1.54) is 0 Å². The first-order chi connectivity index (χ1) is 10.9. The van der Waals surface area contributed by atoms with Crippen LogP contribution >= 0.6 is 24.0 Å². The highest BCUT2D eigenvalue weighted by molar-refractivity contribution is 14.0. The Hall–Kier alpha value is -0.770. The molecule has 0 aromatic carbocycles. The number of ether oxygens (including phenoxy) is 2. The van der Waals surface area contributed by atoms with Crippen molar-refractivity contribution >= 4 is 36.0 Å². The Labute approximate surface area is 161 Å². The van der Waals surface area contributed by atoms with E-state index in [9.17, 15) is 4.79 Å². The zero-order valence-electron chi connectivity index (χ0n) is 15.1. The molecular weight excluding hydrogens is 423 g/mol. The summed E-state index contributed by atoms with van der Waals surface area (Å²) < 4.78 is 10.9. The fourth-order valence-electron chi connectivity index (χ4n) is 2.89. The molecule has 0 radical (unpaired) electrons. The smallest absolute Gasteiger partial charge is 0.407 e. The van der Waals surface area contributed by atoms with Gasteiger partial charge in [0.25, 0.3) is 0 Å². The van der Waals surface area contributed by atoms with Crippen molar-refractivity contribution in [3.05, 3.63) is 0 Å². The Morgan fingerprint density at radius 1 is 1.38 bits per heavy atom. The van der Waals surface area contributed by atoms with Gasteiger partial charge in [0.2, 0.25) is 0 Å². The molecule has 2 saturated heterocycles. The Morgan fingerprint density at radius 3 is 2.71 bits per heavy atom. The first kappa shape index (κ1) is 21.3. The van der Waals surface area contributed by atoms with Crippen LogP contribution in [0.5, 0.6) is 0 Å². The summed E-state index contributed by atoms with van der Waals surface area (Å²) in [5.41, 5.74) is -0.471. The van der Waals surface area contributed by atoms with Crippen molar-refractivity contribution in [3.63, 3.8) is 0 Å². The van der Waals surface area contributed by atoms with Crippen molar-refractivity contribution in [2.45, 2.75) is 57.8 Å². The van der Waals surface area contributed by atoms with Crippen molar-refractivity contribution in [1.82, 2.24) is 15.5 Å². The minimum absolute atomic E-state index is 0. The van der Waals surface area contributed by atoms with E-state index in [-0.39, 0.29) is 42.2 Å². The van der Waals surface area contributed by atoms with Gasteiger partial charge in [0, 0.05) is 33.3 Å². The second-order valence-corrected chi connectivity index (χ2v) is 7.14. The molecule has 2 aliphatic rings. The fraction of sp³-hybridized carbons (Fsp3) is 0.875. The predicted octanol–water partition coefficient (Wildman–Crippen LogP) is 1.96. The second-order valence-electron chi connectivity index (χ2n) is 7.14. The Kier molecular flexibility index (Phi) is 8.55. The number of hydrogen-bond donors (Lipinski definition) is 2. The molecule has 1 amide bonds. The Bertz CT molecular complexity index is 434. The van der Waals surface area contributed by atoms with Crippen molar-refractivity contribution in [3.8, 4) is 0 Å². The third-order valence-corrected chi connectivity index (χ3v) is 3.93. The number of nitrogens with zero attached hydrogens (tertiary/aromatic N) is 2. The lowest BCUT2D eigenvalue weighted by molar-refractivity contribution is 0.0507. The van der Waals surface area contributed by atoms with Gasteiger partial charge in [-0.2, -0.15) is 0 Å². The molecule has 2 unspecified atom stereocenters. The number of hydrogen-bond acceptors (Lipinski definition) is 4. The molecule has 0 spiro atoms. The lowest BCUT2D eigenvalue weighted by Gasteiger charge is -2.24. The van der Waals surface area contributed by atoms with E-state index in [0.29, 0.717) is 0 Å². The van der Waals surface area contributed by atoms with Gasteiger partial charge < -0.3 is 25.0 Å². The van der Waals surface area contributed by atoms with Crippen molar-refractivity contribution in [1.29, 1.82) is 0 Å². The normalized spacial score (nSPS) is 24.5. The van der Waals surface area contributed by atoms with Gasteiger partial charge in [0.1, 0.15) is 5.60 Å². The monoisotopic (exact) mass is 454 g/mol. The Balaban J connectivity index is 0.00000288. The van der Waals surface area contributed by atoms with Gasteiger partial charge in [0.15, 0.2) is 5.96 Å². The van der Waals surface area contributed by atoms with Crippen LogP contribution in [0.1, 0.15) is 40.0 Å². The molecule has 24 heavy (non-hydrogen) atoms. The lowest BCUT2D eigenvalue weighted by atomic mass is 10.2. The number of carbonyl (C=O) groups is 1. The molecule has 0 bridgehead atoms. The van der Waals surface area contributed by atoms with Crippen LogP contribution in [-0.4, -0.2) is 68.0 Å². The number of likely N-dealkylation sites (tertiary alicyclic amines) is 1. The number of alkyl carbamates (subject to hydrolysis) is 1. The van der Waals surface area contributed by atoms with Crippen LogP contribution in [0, 0.1) is 0 Å². The van der Waals surface area contributed by atoms with Crippen molar-refractivity contribution in [2.24, 2.45) is 4.99 Å². The minimum Gasteiger partial charge on any atom is -0.444 e. The highest BCUT2D eigenvalue weighted by Crippen LogP contribution is 2.13.